The van der Waals surface area contributed by atoms with Gasteiger partial charge in [-0.3, -0.25) is 0 Å². The summed E-state index contributed by atoms with van der Waals surface area (Å²) in [6, 6.07) is 9.50. The molecular formula is C13H14ClNOS. The van der Waals surface area contributed by atoms with Crippen molar-refractivity contribution in [2.24, 2.45) is 5.73 Å². The van der Waals surface area contributed by atoms with Gasteiger partial charge >= 0.3 is 0 Å². The number of halogens is 1. The van der Waals surface area contributed by atoms with Gasteiger partial charge in [0.2, 0.25) is 0 Å². The van der Waals surface area contributed by atoms with Crippen LogP contribution in [0.2, 0.25) is 5.02 Å². The molecule has 0 saturated carbocycles. The predicted octanol–water partition coefficient (Wildman–Crippen LogP) is 3.77. The third kappa shape index (κ3) is 2.63. The Morgan fingerprint density at radius 2 is 2.06 bits per heavy atom. The Bertz CT molecular complexity index is 524. The Labute approximate surface area is 110 Å². The number of methoxy groups -OCH3 is 1. The molecule has 2 rings (SSSR count). The molecule has 2 nitrogen and oxygen atoms in total. The zero-order chi connectivity index (χ0) is 12.4. The minimum atomic E-state index is -0.166. The fourth-order valence-corrected chi connectivity index (χ4v) is 2.78. The van der Waals surface area contributed by atoms with Gasteiger partial charge in [0.1, 0.15) is 5.75 Å². The van der Waals surface area contributed by atoms with E-state index >= 15 is 0 Å². The number of thiophene rings is 1. The maximum atomic E-state index is 6.24. The Kier molecular flexibility index (Phi) is 3.72. The van der Waals surface area contributed by atoms with E-state index in [1.54, 1.807) is 24.5 Å². The van der Waals surface area contributed by atoms with Gasteiger partial charge in [0.15, 0.2) is 0 Å². The van der Waals surface area contributed by atoms with Gasteiger partial charge in [0.25, 0.3) is 0 Å². The van der Waals surface area contributed by atoms with E-state index in [4.69, 9.17) is 22.1 Å². The smallest absolute Gasteiger partial charge is 0.125 e. The van der Waals surface area contributed by atoms with Crippen molar-refractivity contribution in [3.63, 3.8) is 0 Å². The lowest BCUT2D eigenvalue weighted by Gasteiger charge is -2.14. The minimum Gasteiger partial charge on any atom is -0.496 e. The van der Waals surface area contributed by atoms with Crippen LogP contribution in [0.25, 0.3) is 0 Å². The average Bonchev–Trinajstić information content (AvgIpc) is 2.75. The van der Waals surface area contributed by atoms with Gasteiger partial charge in [-0.1, -0.05) is 17.7 Å². The van der Waals surface area contributed by atoms with Crippen molar-refractivity contribution in [2.45, 2.75) is 13.0 Å². The molecule has 0 aliphatic carbocycles. The standard InChI is InChI=1S/C13H14ClNOS/c1-8-3-6-12(17-8)13(15)10-5-4-9(14)7-11(10)16-2/h3-7,13H,15H2,1-2H3. The summed E-state index contributed by atoms with van der Waals surface area (Å²) in [4.78, 5) is 2.38. The van der Waals surface area contributed by atoms with Crippen molar-refractivity contribution < 1.29 is 4.74 Å². The van der Waals surface area contributed by atoms with Crippen molar-refractivity contribution in [1.82, 2.24) is 0 Å². The molecule has 0 amide bonds. The van der Waals surface area contributed by atoms with Crippen molar-refractivity contribution in [1.29, 1.82) is 0 Å². The number of nitrogens with two attached hydrogens (primary N) is 1. The van der Waals surface area contributed by atoms with Crippen LogP contribution in [0.3, 0.4) is 0 Å². The second-order valence-electron chi connectivity index (χ2n) is 3.81. The highest BCUT2D eigenvalue weighted by Gasteiger charge is 2.15. The Balaban J connectivity index is 2.39. The molecule has 0 saturated heterocycles. The minimum absolute atomic E-state index is 0.166. The van der Waals surface area contributed by atoms with Gasteiger partial charge < -0.3 is 10.5 Å². The monoisotopic (exact) mass is 267 g/mol. The van der Waals surface area contributed by atoms with Gasteiger partial charge in [-0.15, -0.1) is 11.3 Å². The molecule has 0 radical (unpaired) electrons. The summed E-state index contributed by atoms with van der Waals surface area (Å²) >= 11 is 7.63. The molecule has 0 aliphatic rings. The van der Waals surface area contributed by atoms with Crippen LogP contribution in [0, 0.1) is 6.92 Å². The largest absolute Gasteiger partial charge is 0.496 e. The Morgan fingerprint density at radius 3 is 2.65 bits per heavy atom. The van der Waals surface area contributed by atoms with Crippen molar-refractivity contribution in [2.75, 3.05) is 7.11 Å². The summed E-state index contributed by atoms with van der Waals surface area (Å²) in [6.45, 7) is 2.07. The summed E-state index contributed by atoms with van der Waals surface area (Å²) in [5, 5.41) is 0.653. The van der Waals surface area contributed by atoms with Crippen LogP contribution in [-0.4, -0.2) is 7.11 Å². The van der Waals surface area contributed by atoms with E-state index in [1.165, 1.54) is 4.88 Å². The van der Waals surface area contributed by atoms with Crippen LogP contribution in [-0.2, 0) is 0 Å². The fourth-order valence-electron chi connectivity index (χ4n) is 1.72. The molecule has 2 aromatic rings. The van der Waals surface area contributed by atoms with E-state index in [0.717, 1.165) is 16.2 Å². The highest BCUT2D eigenvalue weighted by atomic mass is 35.5. The predicted molar refractivity (Wildman–Crippen MR) is 73.1 cm³/mol. The van der Waals surface area contributed by atoms with Crippen LogP contribution in [0.4, 0.5) is 0 Å². The van der Waals surface area contributed by atoms with Gasteiger partial charge in [-0.05, 0) is 31.2 Å². The second-order valence-corrected chi connectivity index (χ2v) is 5.57. The topological polar surface area (TPSA) is 35.2 Å². The first-order valence-electron chi connectivity index (χ1n) is 5.27. The average molecular weight is 268 g/mol. The van der Waals surface area contributed by atoms with Crippen LogP contribution in [0.1, 0.15) is 21.4 Å². The zero-order valence-electron chi connectivity index (χ0n) is 9.74. The molecule has 17 heavy (non-hydrogen) atoms. The number of benzene rings is 1. The quantitative estimate of drug-likeness (QED) is 0.919. The maximum absolute atomic E-state index is 6.24. The van der Waals surface area contributed by atoms with E-state index in [-0.39, 0.29) is 6.04 Å². The molecule has 1 aromatic heterocycles. The number of hydrogen-bond acceptors (Lipinski definition) is 3. The molecule has 0 fully saturated rings. The maximum Gasteiger partial charge on any atom is 0.125 e. The summed E-state index contributed by atoms with van der Waals surface area (Å²) in [5.74, 6) is 0.732. The van der Waals surface area contributed by atoms with Gasteiger partial charge in [-0.25, -0.2) is 0 Å². The van der Waals surface area contributed by atoms with E-state index in [0.29, 0.717) is 5.02 Å². The highest BCUT2D eigenvalue weighted by molar-refractivity contribution is 7.12. The molecule has 0 spiro atoms. The summed E-state index contributed by atoms with van der Waals surface area (Å²) in [7, 11) is 1.63. The lowest BCUT2D eigenvalue weighted by atomic mass is 10.1. The van der Waals surface area contributed by atoms with Gasteiger partial charge in [0, 0.05) is 20.3 Å². The molecular weight excluding hydrogens is 254 g/mol. The molecule has 1 atom stereocenters. The molecule has 4 heteroatoms. The summed E-state index contributed by atoms with van der Waals surface area (Å²) < 4.78 is 5.32. The van der Waals surface area contributed by atoms with Gasteiger partial charge in [0.05, 0.1) is 13.2 Å². The number of hydrogen-bond donors (Lipinski definition) is 1. The third-order valence-electron chi connectivity index (χ3n) is 2.60. The third-order valence-corrected chi connectivity index (χ3v) is 3.92. The number of aryl methyl sites for hydroxylation is 1. The summed E-state index contributed by atoms with van der Waals surface area (Å²) in [5.41, 5.74) is 7.20. The zero-order valence-corrected chi connectivity index (χ0v) is 11.3. The first-order chi connectivity index (χ1) is 8.11. The molecule has 1 unspecified atom stereocenters. The van der Waals surface area contributed by atoms with Crippen molar-refractivity contribution in [3.8, 4) is 5.75 Å². The Morgan fingerprint density at radius 1 is 1.29 bits per heavy atom. The van der Waals surface area contributed by atoms with E-state index < -0.39 is 0 Å². The normalized spacial score (nSPS) is 12.5. The van der Waals surface area contributed by atoms with Crippen LogP contribution in [0.15, 0.2) is 30.3 Å². The van der Waals surface area contributed by atoms with Crippen LogP contribution >= 0.6 is 22.9 Å². The molecule has 2 N–H and O–H groups in total. The molecule has 0 bridgehead atoms. The lowest BCUT2D eigenvalue weighted by molar-refractivity contribution is 0.408. The number of rotatable bonds is 3. The fraction of sp³-hybridized carbons (Fsp3) is 0.231. The van der Waals surface area contributed by atoms with Crippen molar-refractivity contribution >= 4 is 22.9 Å². The summed E-state index contributed by atoms with van der Waals surface area (Å²) in [6.07, 6.45) is 0. The van der Waals surface area contributed by atoms with Crippen LogP contribution in [0.5, 0.6) is 5.75 Å². The van der Waals surface area contributed by atoms with Gasteiger partial charge in [-0.2, -0.15) is 0 Å². The number of ether oxygens (including phenoxy) is 1. The van der Waals surface area contributed by atoms with E-state index in [2.05, 4.69) is 19.1 Å². The lowest BCUT2D eigenvalue weighted by Crippen LogP contribution is -2.11. The molecule has 1 heterocycles. The molecule has 90 valence electrons. The van der Waals surface area contributed by atoms with E-state index in [9.17, 15) is 0 Å². The first-order valence-corrected chi connectivity index (χ1v) is 6.46. The SMILES string of the molecule is COc1cc(Cl)ccc1C(N)c1ccc(C)s1. The molecule has 1 aromatic carbocycles. The van der Waals surface area contributed by atoms with Crippen LogP contribution < -0.4 is 10.5 Å². The van der Waals surface area contributed by atoms with E-state index in [1.807, 2.05) is 12.1 Å². The molecule has 0 aliphatic heterocycles. The second kappa shape index (κ2) is 5.08. The van der Waals surface area contributed by atoms with Crippen molar-refractivity contribution in [3.05, 3.63) is 50.7 Å². The Hall–Kier alpha value is -1.03. The first kappa shape index (κ1) is 12.4. The highest BCUT2D eigenvalue weighted by Crippen LogP contribution is 2.33.